The third kappa shape index (κ3) is 3.83. The molecule has 6 nitrogen and oxygen atoms in total. The highest BCUT2D eigenvalue weighted by molar-refractivity contribution is 6.03. The van der Waals surface area contributed by atoms with Crippen molar-refractivity contribution in [3.8, 4) is 17.6 Å². The summed E-state index contributed by atoms with van der Waals surface area (Å²) in [7, 11) is 0. The van der Waals surface area contributed by atoms with Crippen LogP contribution >= 0.6 is 0 Å². The fourth-order valence-electron chi connectivity index (χ4n) is 3.85. The van der Waals surface area contributed by atoms with Gasteiger partial charge in [0, 0.05) is 30.4 Å². The number of hydrogen-bond donors (Lipinski definition) is 0. The second-order valence-corrected chi connectivity index (χ2v) is 7.88. The molecule has 2 heterocycles. The summed E-state index contributed by atoms with van der Waals surface area (Å²) < 4.78 is 31.2. The van der Waals surface area contributed by atoms with E-state index in [1.165, 1.54) is 6.07 Å². The minimum absolute atomic E-state index is 0.0694. The van der Waals surface area contributed by atoms with Crippen molar-refractivity contribution in [3.05, 3.63) is 52.8 Å². The predicted molar refractivity (Wildman–Crippen MR) is 109 cm³/mol. The van der Waals surface area contributed by atoms with Gasteiger partial charge in [0.1, 0.15) is 35.6 Å². The van der Waals surface area contributed by atoms with Gasteiger partial charge in [0.25, 0.3) is 0 Å². The Morgan fingerprint density at radius 3 is 2.80 bits per heavy atom. The van der Waals surface area contributed by atoms with Gasteiger partial charge >= 0.3 is 0 Å². The van der Waals surface area contributed by atoms with E-state index >= 15 is 0 Å². The molecule has 156 valence electrons. The normalized spacial score (nSPS) is 20.9. The van der Waals surface area contributed by atoms with Crippen LogP contribution in [0.15, 0.2) is 30.3 Å². The van der Waals surface area contributed by atoms with E-state index in [0.717, 1.165) is 5.69 Å². The number of morpholine rings is 1. The van der Waals surface area contributed by atoms with Crippen LogP contribution in [-0.4, -0.2) is 44.3 Å². The Morgan fingerprint density at radius 2 is 2.07 bits per heavy atom. The van der Waals surface area contributed by atoms with Crippen molar-refractivity contribution in [1.29, 1.82) is 5.26 Å². The van der Waals surface area contributed by atoms with Crippen LogP contribution < -0.4 is 14.4 Å². The number of ether oxygens (including phenoxy) is 3. The van der Waals surface area contributed by atoms with Gasteiger partial charge in [-0.15, -0.1) is 0 Å². The van der Waals surface area contributed by atoms with Crippen molar-refractivity contribution in [1.82, 2.24) is 0 Å². The third-order valence-electron chi connectivity index (χ3n) is 5.50. The van der Waals surface area contributed by atoms with Crippen LogP contribution in [-0.2, 0) is 4.74 Å². The van der Waals surface area contributed by atoms with E-state index in [4.69, 9.17) is 14.2 Å². The number of nitriles is 1. The molecule has 4 rings (SSSR count). The van der Waals surface area contributed by atoms with Gasteiger partial charge in [0.2, 0.25) is 0 Å². The van der Waals surface area contributed by atoms with Gasteiger partial charge < -0.3 is 19.1 Å². The maximum absolute atomic E-state index is 13.8. The van der Waals surface area contributed by atoms with E-state index in [2.05, 4.69) is 11.0 Å². The van der Waals surface area contributed by atoms with Crippen LogP contribution in [0.25, 0.3) is 0 Å². The van der Waals surface area contributed by atoms with Crippen LogP contribution in [0.2, 0.25) is 0 Å². The van der Waals surface area contributed by atoms with Crippen LogP contribution in [0.1, 0.15) is 34.8 Å². The monoisotopic (exact) mass is 410 g/mol. The molecule has 2 aromatic rings. The SMILES string of the molecule is Cc1c(F)cccc1OCC1(C)CC(=O)c2c(C#N)cc(N3CCOCC3)cc2O1. The largest absolute Gasteiger partial charge is 0.489 e. The summed E-state index contributed by atoms with van der Waals surface area (Å²) in [5.41, 5.74) is 0.925. The summed E-state index contributed by atoms with van der Waals surface area (Å²) in [6.07, 6.45) is 0.0694. The van der Waals surface area contributed by atoms with Gasteiger partial charge in [-0.2, -0.15) is 5.26 Å². The molecule has 0 radical (unpaired) electrons. The first kappa shape index (κ1) is 20.2. The molecule has 0 aliphatic carbocycles. The first-order valence-corrected chi connectivity index (χ1v) is 9.91. The molecule has 0 bridgehead atoms. The highest BCUT2D eigenvalue weighted by atomic mass is 19.1. The molecule has 2 aliphatic heterocycles. The number of Topliss-reactive ketones (excluding diaryl/α,β-unsaturated/α-hetero) is 1. The number of carbonyl (C=O) groups excluding carboxylic acids is 1. The zero-order valence-electron chi connectivity index (χ0n) is 17.0. The first-order valence-electron chi connectivity index (χ1n) is 9.91. The van der Waals surface area contributed by atoms with Crippen molar-refractivity contribution in [2.75, 3.05) is 37.8 Å². The molecule has 1 unspecified atom stereocenters. The average molecular weight is 410 g/mol. The second-order valence-electron chi connectivity index (χ2n) is 7.88. The minimum Gasteiger partial charge on any atom is -0.489 e. The summed E-state index contributed by atoms with van der Waals surface area (Å²) >= 11 is 0. The lowest BCUT2D eigenvalue weighted by Gasteiger charge is -2.36. The van der Waals surface area contributed by atoms with Gasteiger partial charge in [0.15, 0.2) is 5.78 Å². The Kier molecular flexibility index (Phi) is 5.35. The number of benzene rings is 2. The Labute approximate surface area is 174 Å². The van der Waals surface area contributed by atoms with Gasteiger partial charge in [-0.3, -0.25) is 4.79 Å². The summed E-state index contributed by atoms with van der Waals surface area (Å²) in [5, 5.41) is 9.61. The molecule has 2 aliphatic rings. The number of nitrogens with zero attached hydrogens (tertiary/aromatic N) is 2. The molecule has 1 fully saturated rings. The standard InChI is InChI=1S/C23H23FN2O4/c1-15-18(24)4-3-5-20(15)29-14-23(2)12-19(27)22-16(13-25)10-17(11-21(22)30-23)26-6-8-28-9-7-26/h3-5,10-11H,6-9,12,14H2,1-2H3. The van der Waals surface area contributed by atoms with E-state index in [0.29, 0.717) is 54.5 Å². The van der Waals surface area contributed by atoms with Gasteiger partial charge in [-0.25, -0.2) is 4.39 Å². The van der Waals surface area contributed by atoms with Gasteiger partial charge in [-0.1, -0.05) is 6.07 Å². The Bertz CT molecular complexity index is 1030. The molecule has 1 atom stereocenters. The van der Waals surface area contributed by atoms with Crippen LogP contribution in [0.4, 0.5) is 10.1 Å². The molecule has 0 saturated carbocycles. The molecule has 7 heteroatoms. The van der Waals surface area contributed by atoms with E-state index in [1.807, 2.05) is 6.07 Å². The number of fused-ring (bicyclic) bond motifs is 1. The van der Waals surface area contributed by atoms with Gasteiger partial charge in [-0.05, 0) is 32.0 Å². The quantitative estimate of drug-likeness (QED) is 0.766. The van der Waals surface area contributed by atoms with Crippen LogP contribution in [0.5, 0.6) is 11.5 Å². The zero-order chi connectivity index (χ0) is 21.3. The molecule has 0 amide bonds. The topological polar surface area (TPSA) is 71.8 Å². The summed E-state index contributed by atoms with van der Waals surface area (Å²) in [5.74, 6) is 0.285. The molecule has 0 spiro atoms. The Balaban J connectivity index is 1.61. The fourth-order valence-corrected chi connectivity index (χ4v) is 3.85. The highest BCUT2D eigenvalue weighted by Gasteiger charge is 2.39. The summed E-state index contributed by atoms with van der Waals surface area (Å²) in [4.78, 5) is 15.0. The van der Waals surface area contributed by atoms with Crippen molar-refractivity contribution >= 4 is 11.5 Å². The van der Waals surface area contributed by atoms with Crippen LogP contribution in [0, 0.1) is 24.1 Å². The fraction of sp³-hybridized carbons (Fsp3) is 0.391. The third-order valence-corrected chi connectivity index (χ3v) is 5.50. The predicted octanol–water partition coefficient (Wildman–Crippen LogP) is 3.65. The maximum atomic E-state index is 13.8. The minimum atomic E-state index is -0.931. The van der Waals surface area contributed by atoms with Crippen molar-refractivity contribution in [2.24, 2.45) is 0 Å². The Hall–Kier alpha value is -3.11. The summed E-state index contributed by atoms with van der Waals surface area (Å²) in [6, 6.07) is 10.3. The van der Waals surface area contributed by atoms with Gasteiger partial charge in [0.05, 0.1) is 30.8 Å². The lowest BCUT2D eigenvalue weighted by molar-refractivity contribution is 0.0187. The number of anilines is 1. The number of halogens is 1. The molecule has 0 N–H and O–H groups in total. The van der Waals surface area contributed by atoms with Crippen molar-refractivity contribution in [2.45, 2.75) is 25.9 Å². The highest BCUT2D eigenvalue weighted by Crippen LogP contribution is 2.39. The number of hydrogen-bond acceptors (Lipinski definition) is 6. The first-order chi connectivity index (χ1) is 14.4. The number of rotatable bonds is 4. The summed E-state index contributed by atoms with van der Waals surface area (Å²) in [6.45, 7) is 6.13. The van der Waals surface area contributed by atoms with E-state index in [1.54, 1.807) is 32.0 Å². The molecule has 30 heavy (non-hydrogen) atoms. The van der Waals surface area contributed by atoms with Crippen molar-refractivity contribution < 1.29 is 23.4 Å². The smallest absolute Gasteiger partial charge is 0.172 e. The molecular weight excluding hydrogens is 387 g/mol. The molecular formula is C23H23FN2O4. The molecule has 1 saturated heterocycles. The van der Waals surface area contributed by atoms with E-state index < -0.39 is 5.60 Å². The average Bonchev–Trinajstić information content (AvgIpc) is 2.74. The van der Waals surface area contributed by atoms with Crippen molar-refractivity contribution in [3.63, 3.8) is 0 Å². The van der Waals surface area contributed by atoms with E-state index in [-0.39, 0.29) is 24.6 Å². The zero-order valence-corrected chi connectivity index (χ0v) is 17.0. The number of carbonyl (C=O) groups is 1. The Morgan fingerprint density at radius 1 is 1.30 bits per heavy atom. The molecule has 0 aromatic heterocycles. The van der Waals surface area contributed by atoms with Crippen LogP contribution in [0.3, 0.4) is 0 Å². The maximum Gasteiger partial charge on any atom is 0.172 e. The lowest BCUT2D eigenvalue weighted by atomic mass is 9.89. The second kappa shape index (κ2) is 7.96. The van der Waals surface area contributed by atoms with E-state index in [9.17, 15) is 14.4 Å². The lowest BCUT2D eigenvalue weighted by Crippen LogP contribution is -2.44. The molecule has 2 aromatic carbocycles. The number of ketones is 1.